The smallest absolute Gasteiger partial charge is 0.291 e. The van der Waals surface area contributed by atoms with Crippen LogP contribution in [-0.4, -0.2) is 36.4 Å². The molecule has 0 saturated heterocycles. The van der Waals surface area contributed by atoms with E-state index in [0.717, 1.165) is 19.1 Å². The third-order valence-electron chi connectivity index (χ3n) is 3.21. The summed E-state index contributed by atoms with van der Waals surface area (Å²) < 4.78 is 37.2. The van der Waals surface area contributed by atoms with Crippen molar-refractivity contribution in [3.05, 3.63) is 0 Å². The van der Waals surface area contributed by atoms with E-state index in [4.69, 9.17) is 0 Å². The van der Waals surface area contributed by atoms with Gasteiger partial charge in [0.25, 0.3) is 0 Å². The lowest BCUT2D eigenvalue weighted by Crippen LogP contribution is -2.45. The van der Waals surface area contributed by atoms with Crippen LogP contribution >= 0.6 is 0 Å². The molecule has 96 valence electrons. The quantitative estimate of drug-likeness (QED) is 0.798. The summed E-state index contributed by atoms with van der Waals surface area (Å²) in [5, 5.41) is 3.27. The van der Waals surface area contributed by atoms with Gasteiger partial charge in [-0.05, 0) is 19.8 Å². The molecule has 1 heterocycles. The fourth-order valence-electron chi connectivity index (χ4n) is 2.26. The van der Waals surface area contributed by atoms with Crippen LogP contribution in [0, 0.1) is 0 Å². The van der Waals surface area contributed by atoms with Crippen LogP contribution in [0.15, 0.2) is 9.98 Å². The average molecular weight is 247 g/mol. The second-order valence-corrected chi connectivity index (χ2v) is 4.62. The van der Waals surface area contributed by atoms with Crippen molar-refractivity contribution >= 4 is 11.9 Å². The minimum atomic E-state index is -4.39. The van der Waals surface area contributed by atoms with Gasteiger partial charge in [-0.3, -0.25) is 15.3 Å². The second kappa shape index (κ2) is 4.76. The van der Waals surface area contributed by atoms with E-state index in [2.05, 4.69) is 15.3 Å². The van der Waals surface area contributed by atoms with E-state index >= 15 is 0 Å². The Labute approximate surface area is 98.2 Å². The fourth-order valence-corrected chi connectivity index (χ4v) is 2.26. The summed E-state index contributed by atoms with van der Waals surface area (Å²) in [6, 6.07) is -0.0838. The Morgan fingerprint density at radius 2 is 1.94 bits per heavy atom. The molecule has 6 heteroatoms. The van der Waals surface area contributed by atoms with E-state index in [0.29, 0.717) is 6.04 Å². The molecule has 2 aliphatic rings. The lowest BCUT2D eigenvalue weighted by atomic mass is 10.1. The highest BCUT2D eigenvalue weighted by Gasteiger charge is 2.37. The summed E-state index contributed by atoms with van der Waals surface area (Å²) in [5.41, 5.74) is -0.880. The molecule has 1 saturated carbocycles. The Kier molecular flexibility index (Phi) is 3.51. The lowest BCUT2D eigenvalue weighted by molar-refractivity contribution is -0.0570. The molecule has 0 aromatic carbocycles. The number of hydrogen-bond donors (Lipinski definition) is 1. The summed E-state index contributed by atoms with van der Waals surface area (Å²) in [4.78, 5) is 7.59. The molecule has 0 bridgehead atoms. The average Bonchev–Trinajstić information content (AvgIpc) is 2.72. The molecule has 0 radical (unpaired) electrons. The van der Waals surface area contributed by atoms with Gasteiger partial charge in [0.1, 0.15) is 6.17 Å². The van der Waals surface area contributed by atoms with Crippen LogP contribution in [0.4, 0.5) is 13.2 Å². The van der Waals surface area contributed by atoms with Crippen LogP contribution in [0.2, 0.25) is 0 Å². The van der Waals surface area contributed by atoms with Crippen LogP contribution < -0.4 is 5.32 Å². The second-order valence-electron chi connectivity index (χ2n) is 4.62. The third-order valence-corrected chi connectivity index (χ3v) is 3.21. The van der Waals surface area contributed by atoms with Gasteiger partial charge in [0.15, 0.2) is 5.71 Å². The zero-order valence-electron chi connectivity index (χ0n) is 9.67. The number of nitrogens with one attached hydrogen (secondary N) is 1. The van der Waals surface area contributed by atoms with Crippen molar-refractivity contribution in [1.29, 1.82) is 0 Å². The number of aliphatic imine (C=N–C) groups is 2. The standard InChI is InChI=1S/C11H16F3N3/c1-7-10(17-8-4-2-3-5-8)15-6-9(16-7)11(12,13)14/h6-8,10,17H,2-5H2,1H3. The van der Waals surface area contributed by atoms with Gasteiger partial charge in [0.2, 0.25) is 0 Å². The number of nitrogens with zero attached hydrogens (tertiary/aromatic N) is 2. The molecule has 0 spiro atoms. The SMILES string of the molecule is CC1N=C(C(F)(F)F)C=NC1NC1CCCC1. The Balaban J connectivity index is 1.96. The van der Waals surface area contributed by atoms with Crippen molar-refractivity contribution in [2.75, 3.05) is 0 Å². The van der Waals surface area contributed by atoms with Gasteiger partial charge in [-0.2, -0.15) is 13.2 Å². The molecule has 1 aliphatic heterocycles. The highest BCUT2D eigenvalue weighted by atomic mass is 19.4. The Morgan fingerprint density at radius 3 is 2.47 bits per heavy atom. The zero-order chi connectivity index (χ0) is 12.5. The molecule has 0 aromatic heterocycles. The molecule has 2 rings (SSSR count). The van der Waals surface area contributed by atoms with Crippen LogP contribution in [0.1, 0.15) is 32.6 Å². The molecular formula is C11H16F3N3. The zero-order valence-corrected chi connectivity index (χ0v) is 9.67. The van der Waals surface area contributed by atoms with Gasteiger partial charge < -0.3 is 0 Å². The van der Waals surface area contributed by atoms with Gasteiger partial charge in [-0.1, -0.05) is 12.8 Å². The highest BCUT2D eigenvalue weighted by Crippen LogP contribution is 2.22. The van der Waals surface area contributed by atoms with Gasteiger partial charge >= 0.3 is 6.18 Å². The van der Waals surface area contributed by atoms with E-state index in [1.165, 1.54) is 12.8 Å². The van der Waals surface area contributed by atoms with Crippen LogP contribution in [-0.2, 0) is 0 Å². The van der Waals surface area contributed by atoms with E-state index < -0.39 is 17.9 Å². The van der Waals surface area contributed by atoms with Crippen LogP contribution in [0.5, 0.6) is 0 Å². The van der Waals surface area contributed by atoms with Crippen molar-refractivity contribution in [2.45, 2.75) is 57.0 Å². The van der Waals surface area contributed by atoms with Gasteiger partial charge in [0.05, 0.1) is 12.3 Å². The topological polar surface area (TPSA) is 36.8 Å². The minimum absolute atomic E-state index is 0.316. The number of alkyl halides is 3. The van der Waals surface area contributed by atoms with Gasteiger partial charge in [-0.25, -0.2) is 0 Å². The van der Waals surface area contributed by atoms with Gasteiger partial charge in [0, 0.05) is 6.04 Å². The maximum atomic E-state index is 12.4. The Morgan fingerprint density at radius 1 is 1.29 bits per heavy atom. The van der Waals surface area contributed by atoms with E-state index in [-0.39, 0.29) is 6.17 Å². The van der Waals surface area contributed by atoms with E-state index in [1.54, 1.807) is 6.92 Å². The minimum Gasteiger partial charge on any atom is -0.291 e. The number of rotatable bonds is 2. The molecule has 17 heavy (non-hydrogen) atoms. The summed E-state index contributed by atoms with van der Waals surface area (Å²) in [6.45, 7) is 1.66. The number of halogens is 3. The normalized spacial score (nSPS) is 30.7. The first-order chi connectivity index (χ1) is 7.97. The van der Waals surface area contributed by atoms with Crippen LogP contribution in [0.25, 0.3) is 0 Å². The van der Waals surface area contributed by atoms with Crippen molar-refractivity contribution < 1.29 is 13.2 Å². The van der Waals surface area contributed by atoms with Crippen molar-refractivity contribution in [3.8, 4) is 0 Å². The van der Waals surface area contributed by atoms with Crippen molar-refractivity contribution in [2.24, 2.45) is 9.98 Å². The molecule has 2 atom stereocenters. The summed E-state index contributed by atoms with van der Waals surface area (Å²) in [5.74, 6) is 0. The molecule has 0 amide bonds. The largest absolute Gasteiger partial charge is 0.434 e. The molecule has 3 nitrogen and oxygen atoms in total. The van der Waals surface area contributed by atoms with E-state index in [9.17, 15) is 13.2 Å². The fraction of sp³-hybridized carbons (Fsp3) is 0.818. The number of hydrogen-bond acceptors (Lipinski definition) is 3. The van der Waals surface area contributed by atoms with Crippen LogP contribution in [0.3, 0.4) is 0 Å². The Hall–Kier alpha value is -0.910. The first-order valence-electron chi connectivity index (χ1n) is 5.91. The first kappa shape index (κ1) is 12.5. The lowest BCUT2D eigenvalue weighted by Gasteiger charge is -2.26. The molecule has 1 N–H and O–H groups in total. The van der Waals surface area contributed by atoms with Crippen molar-refractivity contribution in [3.63, 3.8) is 0 Å². The highest BCUT2D eigenvalue weighted by molar-refractivity contribution is 6.33. The third kappa shape index (κ3) is 3.06. The maximum Gasteiger partial charge on any atom is 0.434 e. The van der Waals surface area contributed by atoms with E-state index in [1.807, 2.05) is 0 Å². The van der Waals surface area contributed by atoms with Crippen molar-refractivity contribution in [1.82, 2.24) is 5.32 Å². The molecule has 2 unspecified atom stereocenters. The summed E-state index contributed by atoms with van der Waals surface area (Å²) in [6.07, 6.45) is 0.648. The predicted octanol–water partition coefficient (Wildman–Crippen LogP) is 2.32. The monoisotopic (exact) mass is 247 g/mol. The molecule has 1 aliphatic carbocycles. The Bertz CT molecular complexity index is 329. The molecule has 0 aromatic rings. The predicted molar refractivity (Wildman–Crippen MR) is 60.6 cm³/mol. The first-order valence-corrected chi connectivity index (χ1v) is 5.91. The molecular weight excluding hydrogens is 231 g/mol. The summed E-state index contributed by atoms with van der Waals surface area (Å²) >= 11 is 0. The summed E-state index contributed by atoms with van der Waals surface area (Å²) in [7, 11) is 0. The maximum absolute atomic E-state index is 12.4. The molecule has 1 fully saturated rings. The van der Waals surface area contributed by atoms with Gasteiger partial charge in [-0.15, -0.1) is 0 Å².